The molecular weight excluding hydrogens is 232 g/mol. The third-order valence-corrected chi connectivity index (χ3v) is 2.81. The van der Waals surface area contributed by atoms with Crippen molar-refractivity contribution in [3.05, 3.63) is 59.7 Å². The van der Waals surface area contributed by atoms with Gasteiger partial charge in [-0.25, -0.2) is 0 Å². The lowest BCUT2D eigenvalue weighted by Gasteiger charge is -1.96. The molecule has 0 unspecified atom stereocenters. The molecule has 3 rings (SSSR count). The van der Waals surface area contributed by atoms with Gasteiger partial charge in [-0.2, -0.15) is 0 Å². The Balaban J connectivity index is 2.20. The molecule has 0 radical (unpaired) electrons. The zero-order valence-corrected chi connectivity index (χ0v) is 9.42. The molecule has 0 saturated heterocycles. The van der Waals surface area contributed by atoms with E-state index in [4.69, 9.17) is 8.83 Å². The highest BCUT2D eigenvalue weighted by atomic mass is 16.4. The SMILES string of the molecule is O=C(c1ccco1)c1oc2ccccc2c1CO. The Morgan fingerprint density at radius 2 is 2.00 bits per heavy atom. The van der Waals surface area contributed by atoms with Gasteiger partial charge in [0, 0.05) is 10.9 Å². The maximum atomic E-state index is 12.2. The fourth-order valence-electron chi connectivity index (χ4n) is 1.96. The number of rotatable bonds is 3. The van der Waals surface area contributed by atoms with Crippen LogP contribution < -0.4 is 0 Å². The lowest BCUT2D eigenvalue weighted by Crippen LogP contribution is -2.01. The van der Waals surface area contributed by atoms with E-state index < -0.39 is 0 Å². The van der Waals surface area contributed by atoms with Crippen LogP contribution >= 0.6 is 0 Å². The van der Waals surface area contributed by atoms with Crippen molar-refractivity contribution in [2.24, 2.45) is 0 Å². The first-order chi connectivity index (χ1) is 8.81. The van der Waals surface area contributed by atoms with Gasteiger partial charge in [-0.15, -0.1) is 0 Å². The Morgan fingerprint density at radius 1 is 1.17 bits per heavy atom. The summed E-state index contributed by atoms with van der Waals surface area (Å²) in [6.07, 6.45) is 1.43. The monoisotopic (exact) mass is 242 g/mol. The average molecular weight is 242 g/mol. The number of benzene rings is 1. The third-order valence-electron chi connectivity index (χ3n) is 2.81. The molecule has 2 aromatic heterocycles. The number of carbonyl (C=O) groups is 1. The fourth-order valence-corrected chi connectivity index (χ4v) is 1.96. The van der Waals surface area contributed by atoms with Crippen LogP contribution in [-0.4, -0.2) is 10.9 Å². The lowest BCUT2D eigenvalue weighted by molar-refractivity contribution is 0.0981. The molecule has 18 heavy (non-hydrogen) atoms. The second kappa shape index (κ2) is 4.16. The minimum absolute atomic E-state index is 0.133. The number of hydrogen-bond acceptors (Lipinski definition) is 4. The van der Waals surface area contributed by atoms with Gasteiger partial charge >= 0.3 is 0 Å². The highest BCUT2D eigenvalue weighted by Gasteiger charge is 2.22. The van der Waals surface area contributed by atoms with Gasteiger partial charge in [0.25, 0.3) is 5.78 Å². The summed E-state index contributed by atoms with van der Waals surface area (Å²) in [5, 5.41) is 10.2. The van der Waals surface area contributed by atoms with Gasteiger partial charge in [-0.1, -0.05) is 18.2 Å². The fraction of sp³-hybridized carbons (Fsp3) is 0.0714. The molecule has 0 spiro atoms. The molecule has 1 N–H and O–H groups in total. The molecule has 90 valence electrons. The summed E-state index contributed by atoms with van der Waals surface area (Å²) < 4.78 is 10.6. The zero-order chi connectivity index (χ0) is 12.5. The molecular formula is C14H10O4. The number of furan rings is 2. The Morgan fingerprint density at radius 3 is 2.72 bits per heavy atom. The number of aliphatic hydroxyl groups is 1. The first kappa shape index (κ1) is 10.8. The van der Waals surface area contributed by atoms with Crippen LogP contribution in [0.2, 0.25) is 0 Å². The predicted molar refractivity (Wildman–Crippen MR) is 64.3 cm³/mol. The van der Waals surface area contributed by atoms with Crippen LogP contribution in [0.3, 0.4) is 0 Å². The van der Waals surface area contributed by atoms with Crippen molar-refractivity contribution >= 4 is 16.8 Å². The van der Waals surface area contributed by atoms with Crippen molar-refractivity contribution in [3.8, 4) is 0 Å². The van der Waals surface area contributed by atoms with Crippen LogP contribution in [0.5, 0.6) is 0 Å². The van der Waals surface area contributed by atoms with E-state index in [1.807, 2.05) is 18.2 Å². The van der Waals surface area contributed by atoms with E-state index in [0.717, 1.165) is 5.39 Å². The Kier molecular flexibility index (Phi) is 2.50. The van der Waals surface area contributed by atoms with E-state index in [1.54, 1.807) is 18.2 Å². The van der Waals surface area contributed by atoms with Crippen LogP contribution in [0.4, 0.5) is 0 Å². The lowest BCUT2D eigenvalue weighted by atomic mass is 10.1. The van der Waals surface area contributed by atoms with E-state index in [-0.39, 0.29) is 23.9 Å². The Bertz CT molecular complexity index is 692. The van der Waals surface area contributed by atoms with E-state index in [1.165, 1.54) is 6.26 Å². The van der Waals surface area contributed by atoms with Gasteiger partial charge in [0.1, 0.15) is 5.58 Å². The number of para-hydroxylation sites is 1. The number of ketones is 1. The number of hydrogen-bond donors (Lipinski definition) is 1. The summed E-state index contributed by atoms with van der Waals surface area (Å²) in [6.45, 7) is -0.251. The van der Waals surface area contributed by atoms with E-state index in [0.29, 0.717) is 11.1 Å². The van der Waals surface area contributed by atoms with Crippen molar-refractivity contribution < 1.29 is 18.7 Å². The normalized spacial score (nSPS) is 10.9. The highest BCUT2D eigenvalue weighted by Crippen LogP contribution is 2.27. The van der Waals surface area contributed by atoms with Crippen molar-refractivity contribution in [1.29, 1.82) is 0 Å². The molecule has 0 aliphatic rings. The van der Waals surface area contributed by atoms with Gasteiger partial charge in [-0.05, 0) is 18.2 Å². The highest BCUT2D eigenvalue weighted by molar-refractivity contribution is 6.08. The standard InChI is InChI=1S/C14H10O4/c15-8-10-9-4-1-2-5-11(9)18-14(10)13(16)12-6-3-7-17-12/h1-7,15H,8H2. The molecule has 4 heteroatoms. The van der Waals surface area contributed by atoms with Gasteiger partial charge in [0.15, 0.2) is 11.5 Å². The van der Waals surface area contributed by atoms with Gasteiger partial charge in [0.2, 0.25) is 0 Å². The van der Waals surface area contributed by atoms with E-state index in [9.17, 15) is 9.90 Å². The molecule has 0 aliphatic carbocycles. The first-order valence-corrected chi connectivity index (χ1v) is 5.50. The Labute approximate surface area is 102 Å². The quantitative estimate of drug-likeness (QED) is 0.717. The summed E-state index contributed by atoms with van der Waals surface area (Å²) in [5.74, 6) is -0.0299. The summed E-state index contributed by atoms with van der Waals surface area (Å²) >= 11 is 0. The number of carbonyl (C=O) groups excluding carboxylic acids is 1. The zero-order valence-electron chi connectivity index (χ0n) is 9.42. The molecule has 0 aliphatic heterocycles. The first-order valence-electron chi connectivity index (χ1n) is 5.50. The van der Waals surface area contributed by atoms with Gasteiger partial charge in [0.05, 0.1) is 12.9 Å². The second-order valence-corrected chi connectivity index (χ2v) is 3.87. The molecule has 0 fully saturated rings. The summed E-state index contributed by atoms with van der Waals surface area (Å²) in [4.78, 5) is 12.2. The van der Waals surface area contributed by atoms with E-state index in [2.05, 4.69) is 0 Å². The Hall–Kier alpha value is -2.33. The van der Waals surface area contributed by atoms with Crippen molar-refractivity contribution in [2.75, 3.05) is 0 Å². The number of fused-ring (bicyclic) bond motifs is 1. The van der Waals surface area contributed by atoms with Crippen LogP contribution in [-0.2, 0) is 6.61 Å². The van der Waals surface area contributed by atoms with Crippen LogP contribution in [0.1, 0.15) is 21.9 Å². The van der Waals surface area contributed by atoms with Gasteiger partial charge < -0.3 is 13.9 Å². The van der Waals surface area contributed by atoms with E-state index >= 15 is 0 Å². The smallest absolute Gasteiger partial charge is 0.263 e. The molecule has 4 nitrogen and oxygen atoms in total. The third kappa shape index (κ3) is 1.55. The van der Waals surface area contributed by atoms with Crippen LogP contribution in [0.15, 0.2) is 51.5 Å². The van der Waals surface area contributed by atoms with Crippen molar-refractivity contribution in [3.63, 3.8) is 0 Å². The predicted octanol–water partition coefficient (Wildman–Crippen LogP) is 2.75. The minimum atomic E-state index is -0.361. The van der Waals surface area contributed by atoms with Crippen molar-refractivity contribution in [2.45, 2.75) is 6.61 Å². The topological polar surface area (TPSA) is 63.6 Å². The van der Waals surface area contributed by atoms with Crippen molar-refractivity contribution in [1.82, 2.24) is 0 Å². The van der Waals surface area contributed by atoms with Gasteiger partial charge in [-0.3, -0.25) is 4.79 Å². The summed E-state index contributed by atoms with van der Waals surface area (Å²) in [7, 11) is 0. The minimum Gasteiger partial charge on any atom is -0.461 e. The largest absolute Gasteiger partial charge is 0.461 e. The summed E-state index contributed by atoms with van der Waals surface area (Å²) in [6, 6.07) is 10.4. The molecule has 3 aromatic rings. The molecule has 0 atom stereocenters. The van der Waals surface area contributed by atoms with Crippen LogP contribution in [0.25, 0.3) is 11.0 Å². The number of aliphatic hydroxyl groups excluding tert-OH is 1. The molecule has 0 bridgehead atoms. The van der Waals surface area contributed by atoms with Crippen LogP contribution in [0, 0.1) is 0 Å². The second-order valence-electron chi connectivity index (χ2n) is 3.87. The molecule has 0 saturated carbocycles. The summed E-state index contributed by atoms with van der Waals surface area (Å²) in [5.41, 5.74) is 1.07. The molecule has 1 aromatic carbocycles. The maximum Gasteiger partial charge on any atom is 0.263 e. The molecule has 0 amide bonds. The average Bonchev–Trinajstić information content (AvgIpc) is 3.04. The maximum absolute atomic E-state index is 12.2. The molecule has 2 heterocycles.